The van der Waals surface area contributed by atoms with E-state index in [0.29, 0.717) is 17.7 Å². The molecule has 1 aromatic heterocycles. The van der Waals surface area contributed by atoms with E-state index in [1.54, 1.807) is 0 Å². The van der Waals surface area contributed by atoms with Crippen molar-refractivity contribution in [1.82, 2.24) is 10.3 Å². The Kier molecular flexibility index (Phi) is 5.18. The fourth-order valence-electron chi connectivity index (χ4n) is 2.14. The minimum absolute atomic E-state index is 0.304. The van der Waals surface area contributed by atoms with Gasteiger partial charge in [0, 0.05) is 13.1 Å². The second-order valence-electron chi connectivity index (χ2n) is 5.14. The van der Waals surface area contributed by atoms with Crippen LogP contribution in [0.4, 0.5) is 17.6 Å². The summed E-state index contributed by atoms with van der Waals surface area (Å²) in [6, 6.07) is 2.60. The Morgan fingerprint density at radius 3 is 2.46 bits per heavy atom. The number of amides is 1. The number of nitrogens with one attached hydrogen (secondary N) is 1. The van der Waals surface area contributed by atoms with Crippen molar-refractivity contribution in [3.8, 4) is 0 Å². The number of rotatable bonds is 5. The number of carbonyl (C=O) groups excluding carboxylic acids is 1. The molecule has 1 unspecified atom stereocenters. The largest absolute Gasteiger partial charge is 0.392 e. The molecule has 0 aliphatic carbocycles. The van der Waals surface area contributed by atoms with Gasteiger partial charge in [-0.2, -0.15) is 8.78 Å². The van der Waals surface area contributed by atoms with Crippen molar-refractivity contribution in [1.29, 1.82) is 0 Å². The second-order valence-corrected chi connectivity index (χ2v) is 5.14. The summed E-state index contributed by atoms with van der Waals surface area (Å²) < 4.78 is 56.0. The molecule has 2 aromatic rings. The number of benzene rings is 1. The number of aromatic nitrogens is 1. The van der Waals surface area contributed by atoms with Gasteiger partial charge >= 0.3 is 5.92 Å². The third-order valence-corrected chi connectivity index (χ3v) is 3.34. The van der Waals surface area contributed by atoms with Crippen molar-refractivity contribution in [2.24, 2.45) is 0 Å². The van der Waals surface area contributed by atoms with Gasteiger partial charge in [0.1, 0.15) is 11.7 Å². The zero-order chi connectivity index (χ0) is 17.9. The number of hydrogen-bond donors (Lipinski definition) is 2. The fourth-order valence-corrected chi connectivity index (χ4v) is 2.14. The molecule has 8 heteroatoms. The quantitative estimate of drug-likeness (QED) is 0.822. The number of carbonyl (C=O) groups is 1. The van der Waals surface area contributed by atoms with Crippen LogP contribution in [0.5, 0.6) is 0 Å². The number of aliphatic hydroxyl groups is 1. The normalized spacial score (nSPS) is 12.8. The molecule has 24 heavy (non-hydrogen) atoms. The molecule has 0 bridgehead atoms. The molecule has 4 nitrogen and oxygen atoms in total. The number of nitrogens with zero attached hydrogens (tertiary/aromatic N) is 1. The van der Waals surface area contributed by atoms with Gasteiger partial charge in [0.05, 0.1) is 6.61 Å². The Hall–Kier alpha value is -2.48. The number of aliphatic hydroxyl groups excluding tert-OH is 1. The zero-order valence-corrected chi connectivity index (χ0v) is 12.6. The minimum atomic E-state index is -3.69. The third-order valence-electron chi connectivity index (χ3n) is 3.34. The summed E-state index contributed by atoms with van der Waals surface area (Å²) in [5, 5.41) is 11.0. The van der Waals surface area contributed by atoms with Crippen molar-refractivity contribution in [2.45, 2.75) is 25.5 Å². The van der Waals surface area contributed by atoms with Gasteiger partial charge in [-0.25, -0.2) is 8.78 Å². The summed E-state index contributed by atoms with van der Waals surface area (Å²) in [6.45, 7) is 0.669. The maximum absolute atomic E-state index is 14.8. The highest BCUT2D eigenvalue weighted by Gasteiger charge is 2.44. The van der Waals surface area contributed by atoms with Gasteiger partial charge in [-0.05, 0) is 29.3 Å². The van der Waals surface area contributed by atoms with Crippen molar-refractivity contribution in [3.05, 3.63) is 65.0 Å². The van der Waals surface area contributed by atoms with Crippen LogP contribution in [0, 0.1) is 11.6 Å². The zero-order valence-electron chi connectivity index (χ0n) is 12.6. The number of alkyl halides is 2. The van der Waals surface area contributed by atoms with Gasteiger partial charge in [-0.3, -0.25) is 9.78 Å². The van der Waals surface area contributed by atoms with Crippen LogP contribution in [0.3, 0.4) is 0 Å². The molecule has 1 atom stereocenters. The summed E-state index contributed by atoms with van der Waals surface area (Å²) in [7, 11) is 0. The van der Waals surface area contributed by atoms with Crippen LogP contribution in [-0.2, 0) is 17.3 Å². The first-order valence-electron chi connectivity index (χ1n) is 6.92. The van der Waals surface area contributed by atoms with Crippen molar-refractivity contribution in [3.63, 3.8) is 0 Å². The predicted molar refractivity (Wildman–Crippen MR) is 77.0 cm³/mol. The van der Waals surface area contributed by atoms with Gasteiger partial charge in [0.2, 0.25) is 5.91 Å². The Morgan fingerprint density at radius 1 is 1.25 bits per heavy atom. The summed E-state index contributed by atoms with van der Waals surface area (Å²) in [4.78, 5) is 14.9. The third kappa shape index (κ3) is 3.70. The molecule has 1 amide bonds. The molecule has 0 saturated carbocycles. The van der Waals surface area contributed by atoms with E-state index in [0.717, 1.165) is 25.3 Å². The van der Waals surface area contributed by atoms with Crippen LogP contribution in [0.25, 0.3) is 0 Å². The molecule has 0 fully saturated rings. The number of halogens is 4. The smallest absolute Gasteiger partial charge is 0.313 e. The molecule has 0 aliphatic rings. The van der Waals surface area contributed by atoms with Gasteiger partial charge < -0.3 is 10.4 Å². The standard InChI is InChI=1S/C16H14F4N2O2/c1-9(24)22-15(11-3-4-12(17)13(18)6-11)16(19,20)14-5-2-10(8-23)7-21-14/h2-7,15,23H,8H2,1H3,(H,22,24). The highest BCUT2D eigenvalue weighted by Crippen LogP contribution is 2.40. The van der Waals surface area contributed by atoms with Gasteiger partial charge in [-0.1, -0.05) is 12.1 Å². The SMILES string of the molecule is CC(=O)NC(c1ccc(F)c(F)c1)C(F)(F)c1ccc(CO)cn1. The van der Waals surface area contributed by atoms with Crippen LogP contribution < -0.4 is 5.32 Å². The second kappa shape index (κ2) is 6.96. The maximum Gasteiger partial charge on any atom is 0.313 e. The Morgan fingerprint density at radius 2 is 1.96 bits per heavy atom. The molecule has 0 spiro atoms. The van der Waals surface area contributed by atoms with Crippen LogP contribution >= 0.6 is 0 Å². The molecular weight excluding hydrogens is 328 g/mol. The molecule has 2 N–H and O–H groups in total. The van der Waals surface area contributed by atoms with E-state index >= 15 is 0 Å². The lowest BCUT2D eigenvalue weighted by Gasteiger charge is -2.27. The average Bonchev–Trinajstić information content (AvgIpc) is 2.55. The molecule has 1 heterocycles. The highest BCUT2D eigenvalue weighted by molar-refractivity contribution is 5.73. The molecule has 2 rings (SSSR count). The predicted octanol–water partition coefficient (Wildman–Crippen LogP) is 2.82. The van der Waals surface area contributed by atoms with E-state index in [1.807, 2.05) is 5.32 Å². The van der Waals surface area contributed by atoms with Crippen LogP contribution in [-0.4, -0.2) is 16.0 Å². The van der Waals surface area contributed by atoms with Crippen molar-refractivity contribution in [2.75, 3.05) is 0 Å². The molecule has 1 aromatic carbocycles. The van der Waals surface area contributed by atoms with E-state index in [4.69, 9.17) is 5.11 Å². The minimum Gasteiger partial charge on any atom is -0.392 e. The molecule has 128 valence electrons. The maximum atomic E-state index is 14.8. The monoisotopic (exact) mass is 342 g/mol. The first-order chi connectivity index (χ1) is 11.3. The van der Waals surface area contributed by atoms with Crippen molar-refractivity contribution >= 4 is 5.91 Å². The van der Waals surface area contributed by atoms with E-state index in [2.05, 4.69) is 4.98 Å². The van der Waals surface area contributed by atoms with Crippen molar-refractivity contribution < 1.29 is 27.5 Å². The van der Waals surface area contributed by atoms with E-state index in [-0.39, 0.29) is 12.2 Å². The van der Waals surface area contributed by atoms with Crippen LogP contribution in [0.2, 0.25) is 0 Å². The van der Waals surface area contributed by atoms with Gasteiger partial charge in [0.15, 0.2) is 11.6 Å². The number of pyridine rings is 1. The fraction of sp³-hybridized carbons (Fsp3) is 0.250. The lowest BCUT2D eigenvalue weighted by Crippen LogP contribution is -2.38. The van der Waals surface area contributed by atoms with Crippen LogP contribution in [0.1, 0.15) is 29.8 Å². The Bertz CT molecular complexity index is 735. The highest BCUT2D eigenvalue weighted by atomic mass is 19.3. The molecular formula is C16H14F4N2O2. The molecule has 0 saturated heterocycles. The summed E-state index contributed by atoms with van der Waals surface area (Å²) in [6.07, 6.45) is 1.07. The van der Waals surface area contributed by atoms with Crippen LogP contribution in [0.15, 0.2) is 36.5 Å². The van der Waals surface area contributed by atoms with E-state index in [9.17, 15) is 22.4 Å². The number of hydrogen-bond acceptors (Lipinski definition) is 3. The Labute approximate surface area is 135 Å². The molecule has 0 aliphatic heterocycles. The lowest BCUT2D eigenvalue weighted by molar-refractivity contribution is -0.124. The topological polar surface area (TPSA) is 62.2 Å². The molecule has 0 radical (unpaired) electrons. The first-order valence-corrected chi connectivity index (χ1v) is 6.92. The van der Waals surface area contributed by atoms with E-state index in [1.165, 1.54) is 6.07 Å². The summed E-state index contributed by atoms with van der Waals surface area (Å²) in [5.41, 5.74) is -0.649. The average molecular weight is 342 g/mol. The Balaban J connectivity index is 2.47. The lowest BCUT2D eigenvalue weighted by atomic mass is 9.97. The van der Waals surface area contributed by atoms with Gasteiger partial charge in [-0.15, -0.1) is 0 Å². The first kappa shape index (κ1) is 17.9. The van der Waals surface area contributed by atoms with Gasteiger partial charge in [0.25, 0.3) is 0 Å². The summed E-state index contributed by atoms with van der Waals surface area (Å²) in [5.74, 6) is -6.95. The van der Waals surface area contributed by atoms with E-state index < -0.39 is 35.2 Å². The summed E-state index contributed by atoms with van der Waals surface area (Å²) >= 11 is 0.